The lowest BCUT2D eigenvalue weighted by Gasteiger charge is -2.06. The van der Waals surface area contributed by atoms with Crippen LogP contribution in [0, 0.1) is 0 Å². The van der Waals surface area contributed by atoms with Crippen LogP contribution in [0.5, 0.6) is 0 Å². The van der Waals surface area contributed by atoms with Gasteiger partial charge in [0.15, 0.2) is 0 Å². The molecule has 0 aliphatic carbocycles. The van der Waals surface area contributed by atoms with Gasteiger partial charge in [-0.1, -0.05) is 36.4 Å². The molecule has 0 heterocycles. The van der Waals surface area contributed by atoms with Crippen LogP contribution in [-0.4, -0.2) is 17.5 Å². The molecule has 0 radical (unpaired) electrons. The van der Waals surface area contributed by atoms with Gasteiger partial charge in [-0.15, -0.1) is 0 Å². The molecule has 0 aliphatic heterocycles. The Morgan fingerprint density at radius 2 is 1.59 bits per heavy atom. The van der Waals surface area contributed by atoms with Crippen molar-refractivity contribution in [3.05, 3.63) is 60.2 Å². The maximum atomic E-state index is 11.7. The molecule has 2 aromatic rings. The van der Waals surface area contributed by atoms with E-state index < -0.39 is 11.8 Å². The Labute approximate surface area is 128 Å². The Balaban J connectivity index is 1.98. The summed E-state index contributed by atoms with van der Waals surface area (Å²) in [7, 11) is 0. The van der Waals surface area contributed by atoms with Gasteiger partial charge in [0.05, 0.1) is 5.71 Å². The van der Waals surface area contributed by atoms with Crippen molar-refractivity contribution in [2.45, 2.75) is 6.92 Å². The Hall–Kier alpha value is -3.15. The standard InChI is InChI=1S/C16H16N4O2/c1-11(13-9-5-6-10-14(13)17)19-20-16(22)15(21)18-12-7-3-2-4-8-12/h2-10H,17H2,1H3,(H,18,21)(H,20,22)/b19-11+. The van der Waals surface area contributed by atoms with Gasteiger partial charge >= 0.3 is 11.8 Å². The van der Waals surface area contributed by atoms with Gasteiger partial charge in [-0.2, -0.15) is 5.10 Å². The summed E-state index contributed by atoms with van der Waals surface area (Å²) in [6, 6.07) is 15.8. The number of amides is 2. The number of hydrogen-bond acceptors (Lipinski definition) is 4. The van der Waals surface area contributed by atoms with E-state index in [4.69, 9.17) is 5.73 Å². The number of nitrogens with two attached hydrogens (primary N) is 1. The summed E-state index contributed by atoms with van der Waals surface area (Å²) >= 11 is 0. The fourth-order valence-corrected chi connectivity index (χ4v) is 1.78. The number of nitrogens with one attached hydrogen (secondary N) is 2. The lowest BCUT2D eigenvalue weighted by molar-refractivity contribution is -0.136. The van der Waals surface area contributed by atoms with Gasteiger partial charge < -0.3 is 11.1 Å². The smallest absolute Gasteiger partial charge is 0.329 e. The van der Waals surface area contributed by atoms with Crippen LogP contribution in [0.2, 0.25) is 0 Å². The highest BCUT2D eigenvalue weighted by molar-refractivity contribution is 6.39. The molecule has 112 valence electrons. The van der Waals surface area contributed by atoms with E-state index in [-0.39, 0.29) is 0 Å². The Morgan fingerprint density at radius 3 is 2.27 bits per heavy atom. The van der Waals surface area contributed by atoms with E-state index in [0.717, 1.165) is 0 Å². The van der Waals surface area contributed by atoms with E-state index in [0.29, 0.717) is 22.6 Å². The van der Waals surface area contributed by atoms with E-state index in [1.165, 1.54) is 0 Å². The Kier molecular flexibility index (Phi) is 4.87. The van der Waals surface area contributed by atoms with Crippen LogP contribution >= 0.6 is 0 Å². The minimum absolute atomic E-state index is 0.513. The summed E-state index contributed by atoms with van der Waals surface area (Å²) in [4.78, 5) is 23.4. The molecule has 0 spiro atoms. The fourth-order valence-electron chi connectivity index (χ4n) is 1.78. The number of hydrazone groups is 1. The molecule has 0 saturated heterocycles. The van der Waals surface area contributed by atoms with E-state index in [1.807, 2.05) is 12.1 Å². The zero-order valence-electron chi connectivity index (χ0n) is 12.0. The minimum Gasteiger partial charge on any atom is -0.398 e. The first-order valence-electron chi connectivity index (χ1n) is 6.63. The summed E-state index contributed by atoms with van der Waals surface area (Å²) in [5.41, 5.74) is 10.3. The maximum Gasteiger partial charge on any atom is 0.329 e. The molecular weight excluding hydrogens is 280 g/mol. The van der Waals surface area contributed by atoms with Crippen LogP contribution in [0.4, 0.5) is 11.4 Å². The van der Waals surface area contributed by atoms with Crippen LogP contribution < -0.4 is 16.5 Å². The van der Waals surface area contributed by atoms with Crippen LogP contribution in [0.1, 0.15) is 12.5 Å². The summed E-state index contributed by atoms with van der Waals surface area (Å²) in [6.07, 6.45) is 0. The number of anilines is 2. The average molecular weight is 296 g/mol. The van der Waals surface area contributed by atoms with Crippen molar-refractivity contribution in [2.75, 3.05) is 11.1 Å². The summed E-state index contributed by atoms with van der Waals surface area (Å²) in [6.45, 7) is 1.70. The number of carbonyl (C=O) groups is 2. The third-order valence-electron chi connectivity index (χ3n) is 2.91. The Morgan fingerprint density at radius 1 is 0.955 bits per heavy atom. The van der Waals surface area contributed by atoms with Crippen molar-refractivity contribution in [3.8, 4) is 0 Å². The molecule has 2 aromatic carbocycles. The van der Waals surface area contributed by atoms with E-state index in [1.54, 1.807) is 49.4 Å². The first-order chi connectivity index (χ1) is 10.6. The molecule has 0 atom stereocenters. The van der Waals surface area contributed by atoms with E-state index in [9.17, 15) is 9.59 Å². The molecular formula is C16H16N4O2. The maximum absolute atomic E-state index is 11.7. The molecule has 0 aromatic heterocycles. The number of carbonyl (C=O) groups excluding carboxylic acids is 2. The van der Waals surface area contributed by atoms with Crippen molar-refractivity contribution in [3.63, 3.8) is 0 Å². The quantitative estimate of drug-likeness (QED) is 0.348. The molecule has 0 unspecified atom stereocenters. The van der Waals surface area contributed by atoms with Gasteiger partial charge in [-0.3, -0.25) is 9.59 Å². The number of nitrogens with zero attached hydrogens (tertiary/aromatic N) is 1. The lowest BCUT2D eigenvalue weighted by Crippen LogP contribution is -2.33. The van der Waals surface area contributed by atoms with E-state index >= 15 is 0 Å². The van der Waals surface area contributed by atoms with Crippen LogP contribution in [0.25, 0.3) is 0 Å². The molecule has 22 heavy (non-hydrogen) atoms. The van der Waals surface area contributed by atoms with Crippen molar-refractivity contribution in [1.82, 2.24) is 5.43 Å². The second-order valence-corrected chi connectivity index (χ2v) is 4.55. The highest BCUT2D eigenvalue weighted by atomic mass is 16.2. The summed E-state index contributed by atoms with van der Waals surface area (Å²) < 4.78 is 0. The summed E-state index contributed by atoms with van der Waals surface area (Å²) in [5.74, 6) is -1.64. The van der Waals surface area contributed by atoms with Crippen LogP contribution in [0.3, 0.4) is 0 Å². The number of rotatable bonds is 3. The van der Waals surface area contributed by atoms with Gasteiger partial charge in [0.1, 0.15) is 0 Å². The molecule has 2 amide bonds. The third kappa shape index (κ3) is 3.92. The van der Waals surface area contributed by atoms with E-state index in [2.05, 4.69) is 15.8 Å². The number of para-hydroxylation sites is 2. The first kappa shape index (κ1) is 15.2. The fraction of sp³-hybridized carbons (Fsp3) is 0.0625. The lowest BCUT2D eigenvalue weighted by atomic mass is 10.1. The van der Waals surface area contributed by atoms with Crippen LogP contribution in [-0.2, 0) is 9.59 Å². The van der Waals surface area contributed by atoms with Gasteiger partial charge in [0.25, 0.3) is 0 Å². The average Bonchev–Trinajstić information content (AvgIpc) is 2.53. The molecule has 6 nitrogen and oxygen atoms in total. The third-order valence-corrected chi connectivity index (χ3v) is 2.91. The van der Waals surface area contributed by atoms with Gasteiger partial charge in [0.2, 0.25) is 0 Å². The molecule has 0 saturated carbocycles. The largest absolute Gasteiger partial charge is 0.398 e. The van der Waals surface area contributed by atoms with Gasteiger partial charge in [-0.05, 0) is 25.1 Å². The second-order valence-electron chi connectivity index (χ2n) is 4.55. The van der Waals surface area contributed by atoms with Crippen molar-refractivity contribution >= 4 is 28.9 Å². The highest BCUT2D eigenvalue weighted by Crippen LogP contribution is 2.11. The topological polar surface area (TPSA) is 96.6 Å². The molecule has 4 N–H and O–H groups in total. The first-order valence-corrected chi connectivity index (χ1v) is 6.63. The summed E-state index contributed by atoms with van der Waals surface area (Å²) in [5, 5.41) is 6.37. The molecule has 2 rings (SSSR count). The second kappa shape index (κ2) is 7.03. The SMILES string of the molecule is C/C(=N\NC(=O)C(=O)Nc1ccccc1)c1ccccc1N. The molecule has 0 aliphatic rings. The molecule has 0 fully saturated rings. The number of nitrogen functional groups attached to an aromatic ring is 1. The highest BCUT2D eigenvalue weighted by Gasteiger charge is 2.13. The Bertz CT molecular complexity index is 711. The predicted molar refractivity (Wildman–Crippen MR) is 86.3 cm³/mol. The molecule has 6 heteroatoms. The zero-order valence-corrected chi connectivity index (χ0v) is 12.0. The number of hydrogen-bond donors (Lipinski definition) is 3. The predicted octanol–water partition coefficient (Wildman–Crippen LogP) is 1.75. The molecule has 0 bridgehead atoms. The van der Waals surface area contributed by atoms with Gasteiger partial charge in [-0.25, -0.2) is 5.43 Å². The number of benzene rings is 2. The van der Waals surface area contributed by atoms with Crippen LogP contribution in [0.15, 0.2) is 59.7 Å². The monoisotopic (exact) mass is 296 g/mol. The zero-order chi connectivity index (χ0) is 15.9. The van der Waals surface area contributed by atoms with Crippen molar-refractivity contribution in [2.24, 2.45) is 5.10 Å². The van der Waals surface area contributed by atoms with Crippen molar-refractivity contribution in [1.29, 1.82) is 0 Å². The van der Waals surface area contributed by atoms with Crippen molar-refractivity contribution < 1.29 is 9.59 Å². The van der Waals surface area contributed by atoms with Gasteiger partial charge in [0, 0.05) is 16.9 Å². The normalized spacial score (nSPS) is 10.9. The minimum atomic E-state index is -0.849.